The number of ether oxygens (including phenoxy) is 1. The fraction of sp³-hybridized carbons (Fsp3) is 0.520. The highest BCUT2D eigenvalue weighted by atomic mass is 32.2. The Morgan fingerprint density at radius 1 is 1.06 bits per heavy atom. The largest absolute Gasteiger partial charge is 0.493 e. The maximum atomic E-state index is 13.9. The van der Waals surface area contributed by atoms with Crippen molar-refractivity contribution < 1.29 is 26.7 Å². The maximum absolute atomic E-state index is 13.9. The van der Waals surface area contributed by atoms with E-state index in [1.165, 1.54) is 24.0 Å². The molecule has 1 heterocycles. The minimum atomic E-state index is -3.86. The monoisotopic (exact) mass is 507 g/mol. The molecule has 34 heavy (non-hydrogen) atoms. The van der Waals surface area contributed by atoms with E-state index in [-0.39, 0.29) is 29.9 Å². The molecule has 1 fully saturated rings. The van der Waals surface area contributed by atoms with Crippen LogP contribution < -0.4 is 9.04 Å². The fourth-order valence-corrected chi connectivity index (χ4v) is 7.16. The molecule has 0 saturated heterocycles. The molecule has 1 aliphatic heterocycles. The lowest BCUT2D eigenvalue weighted by Gasteiger charge is -2.38. The van der Waals surface area contributed by atoms with Crippen molar-refractivity contribution in [2.75, 3.05) is 22.9 Å². The molecule has 2 aliphatic rings. The van der Waals surface area contributed by atoms with E-state index in [4.69, 9.17) is 4.74 Å². The zero-order chi connectivity index (χ0) is 24.5. The smallest absolute Gasteiger partial charge is 0.264 e. The van der Waals surface area contributed by atoms with Gasteiger partial charge in [0.05, 0.1) is 29.5 Å². The molecule has 1 aliphatic carbocycles. The minimum Gasteiger partial charge on any atom is -0.493 e. The first kappa shape index (κ1) is 25.0. The van der Waals surface area contributed by atoms with Gasteiger partial charge in [0.2, 0.25) is 0 Å². The van der Waals surface area contributed by atoms with Gasteiger partial charge in [0.25, 0.3) is 10.0 Å². The predicted molar refractivity (Wildman–Crippen MR) is 133 cm³/mol. The molecule has 0 amide bonds. The van der Waals surface area contributed by atoms with E-state index in [9.17, 15) is 21.9 Å². The number of sulfone groups is 1. The first-order valence-electron chi connectivity index (χ1n) is 11.8. The second-order valence-electron chi connectivity index (χ2n) is 9.32. The number of sulfonamides is 1. The highest BCUT2D eigenvalue weighted by Gasteiger charge is 2.43. The molecule has 0 spiro atoms. The predicted octanol–water partition coefficient (Wildman–Crippen LogP) is 3.47. The van der Waals surface area contributed by atoms with Gasteiger partial charge in [-0.15, -0.1) is 0 Å². The van der Waals surface area contributed by atoms with Crippen LogP contribution >= 0.6 is 0 Å². The van der Waals surface area contributed by atoms with E-state index >= 15 is 0 Å². The second kappa shape index (κ2) is 9.87. The van der Waals surface area contributed by atoms with Crippen molar-refractivity contribution in [2.45, 2.75) is 63.0 Å². The van der Waals surface area contributed by atoms with Crippen LogP contribution in [0, 0.1) is 5.92 Å². The normalized spacial score (nSPS) is 18.6. The Morgan fingerprint density at radius 2 is 1.82 bits per heavy atom. The van der Waals surface area contributed by atoms with Crippen LogP contribution in [0.15, 0.2) is 41.3 Å². The van der Waals surface area contributed by atoms with Gasteiger partial charge in [0.15, 0.2) is 0 Å². The molecule has 2 aromatic rings. The van der Waals surface area contributed by atoms with Crippen LogP contribution in [-0.2, 0) is 39.3 Å². The number of fused-ring (bicyclic) bond motifs is 1. The summed E-state index contributed by atoms with van der Waals surface area (Å²) in [5.41, 5.74) is 3.38. The van der Waals surface area contributed by atoms with Crippen molar-refractivity contribution >= 4 is 25.5 Å². The van der Waals surface area contributed by atoms with Crippen LogP contribution in [0.25, 0.3) is 0 Å². The molecule has 1 atom stereocenters. The summed E-state index contributed by atoms with van der Waals surface area (Å²) in [5, 5.41) is 9.89. The summed E-state index contributed by atoms with van der Waals surface area (Å²) in [4.78, 5) is 0.123. The number of aliphatic hydroxyl groups is 1. The van der Waals surface area contributed by atoms with Gasteiger partial charge in [-0.25, -0.2) is 16.8 Å². The lowest BCUT2D eigenvalue weighted by molar-refractivity contribution is 0.262. The van der Waals surface area contributed by atoms with Crippen molar-refractivity contribution in [1.82, 2.24) is 0 Å². The Labute approximate surface area is 202 Å². The molecule has 1 saturated carbocycles. The second-order valence-corrected chi connectivity index (χ2v) is 13.4. The van der Waals surface area contributed by atoms with Crippen LogP contribution in [-0.4, -0.2) is 46.6 Å². The third-order valence-electron chi connectivity index (χ3n) is 6.64. The first-order chi connectivity index (χ1) is 16.1. The lowest BCUT2D eigenvalue weighted by atomic mass is 9.93. The van der Waals surface area contributed by atoms with Crippen LogP contribution in [0.5, 0.6) is 5.75 Å². The third kappa shape index (κ3) is 5.42. The molecule has 0 aromatic heterocycles. The summed E-state index contributed by atoms with van der Waals surface area (Å²) in [6, 6.07) is 10.5. The average Bonchev–Trinajstić information content (AvgIpc) is 3.65. The van der Waals surface area contributed by atoms with Gasteiger partial charge in [-0.05, 0) is 79.8 Å². The Kier molecular flexibility index (Phi) is 7.26. The highest BCUT2D eigenvalue weighted by molar-refractivity contribution is 7.93. The molecule has 0 bridgehead atoms. The topological polar surface area (TPSA) is 101 Å². The molecule has 7 nitrogen and oxygen atoms in total. The standard InChI is InChI=1S/C25H33NO6S2/c1-3-18-5-10-24-20(15-18)8-11-23(19-6-7-19)26(24)34(30,31)22-9-12-25(21(16-22)17-27)32-13-4-14-33(2,28)29/h5,9-10,12,15-16,19,23,27H,3-4,6-8,11,13-14,17H2,1-2H3. The van der Waals surface area contributed by atoms with Gasteiger partial charge < -0.3 is 9.84 Å². The van der Waals surface area contributed by atoms with Gasteiger partial charge >= 0.3 is 0 Å². The zero-order valence-electron chi connectivity index (χ0n) is 19.7. The number of anilines is 1. The number of aryl methyl sites for hydroxylation is 2. The molecular weight excluding hydrogens is 474 g/mol. The third-order valence-corrected chi connectivity index (χ3v) is 9.51. The van der Waals surface area contributed by atoms with Gasteiger partial charge in [0, 0.05) is 17.9 Å². The Balaban J connectivity index is 1.64. The molecule has 9 heteroatoms. The quantitative estimate of drug-likeness (QED) is 0.494. The Hall–Kier alpha value is -2.10. The summed E-state index contributed by atoms with van der Waals surface area (Å²) in [6.07, 6.45) is 6.15. The molecule has 1 N–H and O–H groups in total. The summed E-state index contributed by atoms with van der Waals surface area (Å²) < 4.78 is 57.8. The number of rotatable bonds is 10. The number of hydrogen-bond donors (Lipinski definition) is 1. The van der Waals surface area contributed by atoms with Crippen LogP contribution in [0.2, 0.25) is 0 Å². The van der Waals surface area contributed by atoms with E-state index in [1.807, 2.05) is 12.1 Å². The van der Waals surface area contributed by atoms with Crippen molar-refractivity contribution in [3.8, 4) is 5.75 Å². The fourth-order valence-electron chi connectivity index (χ4n) is 4.69. The van der Waals surface area contributed by atoms with E-state index in [1.54, 1.807) is 10.4 Å². The van der Waals surface area contributed by atoms with E-state index < -0.39 is 19.9 Å². The minimum absolute atomic E-state index is 0.00455. The number of hydrogen-bond acceptors (Lipinski definition) is 6. The van der Waals surface area contributed by atoms with E-state index in [2.05, 4.69) is 13.0 Å². The zero-order valence-corrected chi connectivity index (χ0v) is 21.4. The highest BCUT2D eigenvalue weighted by Crippen LogP contribution is 2.45. The summed E-state index contributed by atoms with van der Waals surface area (Å²) in [5.74, 6) is 0.744. The Morgan fingerprint density at radius 3 is 2.47 bits per heavy atom. The average molecular weight is 508 g/mol. The molecule has 4 rings (SSSR count). The van der Waals surface area contributed by atoms with Crippen LogP contribution in [0.4, 0.5) is 5.69 Å². The number of benzene rings is 2. The molecule has 2 aromatic carbocycles. The summed E-state index contributed by atoms with van der Waals surface area (Å²) in [7, 11) is -6.94. The maximum Gasteiger partial charge on any atom is 0.264 e. The molecule has 186 valence electrons. The summed E-state index contributed by atoms with van der Waals surface area (Å²) >= 11 is 0. The van der Waals surface area contributed by atoms with Gasteiger partial charge in [-0.3, -0.25) is 4.31 Å². The van der Waals surface area contributed by atoms with Gasteiger partial charge in [-0.2, -0.15) is 0 Å². The SMILES string of the molecule is CCc1ccc2c(c1)CCC(C1CC1)N2S(=O)(=O)c1ccc(OCCCS(C)(=O)=O)c(CO)c1. The molecule has 0 radical (unpaired) electrons. The molecular formula is C25H33NO6S2. The van der Waals surface area contributed by atoms with Crippen LogP contribution in [0.3, 0.4) is 0 Å². The van der Waals surface area contributed by atoms with Crippen molar-refractivity contribution in [1.29, 1.82) is 0 Å². The van der Waals surface area contributed by atoms with Gasteiger partial charge in [-0.1, -0.05) is 19.1 Å². The van der Waals surface area contributed by atoms with Crippen LogP contribution in [0.1, 0.15) is 49.3 Å². The number of aliphatic hydroxyl groups excluding tert-OH is 1. The van der Waals surface area contributed by atoms with Crippen molar-refractivity contribution in [3.05, 3.63) is 53.1 Å². The van der Waals surface area contributed by atoms with Crippen molar-refractivity contribution in [3.63, 3.8) is 0 Å². The molecule has 1 unspecified atom stereocenters. The number of nitrogens with zero attached hydrogens (tertiary/aromatic N) is 1. The summed E-state index contributed by atoms with van der Waals surface area (Å²) in [6.45, 7) is 1.87. The lowest BCUT2D eigenvalue weighted by Crippen LogP contribution is -2.45. The Bertz CT molecular complexity index is 1250. The first-order valence-corrected chi connectivity index (χ1v) is 15.3. The van der Waals surface area contributed by atoms with Gasteiger partial charge in [0.1, 0.15) is 15.6 Å². The van der Waals surface area contributed by atoms with E-state index in [0.717, 1.165) is 43.4 Å². The van der Waals surface area contributed by atoms with E-state index in [0.29, 0.717) is 23.7 Å². The van der Waals surface area contributed by atoms with Crippen molar-refractivity contribution in [2.24, 2.45) is 5.92 Å².